The van der Waals surface area contributed by atoms with Crippen molar-refractivity contribution in [2.75, 3.05) is 18.0 Å². The molecule has 9 nitrogen and oxygen atoms in total. The van der Waals surface area contributed by atoms with Crippen LogP contribution in [-0.4, -0.2) is 75.3 Å². The number of halogens is 1. The van der Waals surface area contributed by atoms with Gasteiger partial charge in [-0.1, -0.05) is 23.7 Å². The molecule has 4 aromatic rings. The fourth-order valence-corrected chi connectivity index (χ4v) is 6.52. The molecule has 1 saturated heterocycles. The summed E-state index contributed by atoms with van der Waals surface area (Å²) in [6.45, 7) is 3.19. The quantitative estimate of drug-likeness (QED) is 0.373. The molecular weight excluding hydrogens is 526 g/mol. The van der Waals surface area contributed by atoms with Gasteiger partial charge in [-0.05, 0) is 66.6 Å². The van der Waals surface area contributed by atoms with E-state index in [1.165, 1.54) is 4.31 Å². The number of aromatic nitrogens is 3. The lowest BCUT2D eigenvalue weighted by molar-refractivity contribution is 0.0810. The van der Waals surface area contributed by atoms with Crippen LogP contribution in [0.4, 0.5) is 5.95 Å². The van der Waals surface area contributed by atoms with E-state index in [1.807, 2.05) is 12.1 Å². The van der Waals surface area contributed by atoms with E-state index in [2.05, 4.69) is 15.0 Å². The zero-order valence-corrected chi connectivity index (χ0v) is 22.5. The van der Waals surface area contributed by atoms with Crippen LogP contribution in [0.2, 0.25) is 5.02 Å². The van der Waals surface area contributed by atoms with Gasteiger partial charge >= 0.3 is 0 Å². The van der Waals surface area contributed by atoms with Crippen LogP contribution in [0.1, 0.15) is 13.8 Å². The summed E-state index contributed by atoms with van der Waals surface area (Å²) >= 11 is 6.07. The minimum Gasteiger partial charge on any atom is -0.391 e. The molecule has 1 aliphatic rings. The van der Waals surface area contributed by atoms with Gasteiger partial charge in [0.15, 0.2) is 0 Å². The first-order valence-electron chi connectivity index (χ1n) is 12.2. The zero-order valence-electron chi connectivity index (χ0n) is 20.9. The van der Waals surface area contributed by atoms with Crippen molar-refractivity contribution in [2.24, 2.45) is 0 Å². The highest BCUT2D eigenvalue weighted by molar-refractivity contribution is 7.89. The molecular formula is C27H28ClN5O4S. The van der Waals surface area contributed by atoms with Gasteiger partial charge in [0.1, 0.15) is 0 Å². The van der Waals surface area contributed by atoms with Gasteiger partial charge in [-0.25, -0.2) is 18.4 Å². The van der Waals surface area contributed by atoms with Crippen molar-refractivity contribution in [1.29, 1.82) is 0 Å². The Bertz CT molecular complexity index is 1520. The molecule has 0 bridgehead atoms. The van der Waals surface area contributed by atoms with E-state index in [0.717, 1.165) is 21.9 Å². The van der Waals surface area contributed by atoms with Gasteiger partial charge in [-0.3, -0.25) is 4.98 Å². The van der Waals surface area contributed by atoms with Crippen molar-refractivity contribution < 1.29 is 18.6 Å². The van der Waals surface area contributed by atoms with E-state index in [9.17, 15) is 18.6 Å². The van der Waals surface area contributed by atoms with Crippen molar-refractivity contribution >= 4 is 38.3 Å². The molecule has 0 aliphatic carbocycles. The van der Waals surface area contributed by atoms with Crippen molar-refractivity contribution in [3.8, 4) is 11.1 Å². The second-order valence-electron chi connectivity index (χ2n) is 9.51. The lowest BCUT2D eigenvalue weighted by Gasteiger charge is -2.48. The van der Waals surface area contributed by atoms with Crippen LogP contribution in [-0.2, 0) is 10.0 Å². The summed E-state index contributed by atoms with van der Waals surface area (Å²) in [5, 5.41) is 23.6. The Morgan fingerprint density at radius 3 is 2.05 bits per heavy atom. The van der Waals surface area contributed by atoms with Crippen molar-refractivity contribution in [1.82, 2.24) is 19.3 Å². The summed E-state index contributed by atoms with van der Waals surface area (Å²) < 4.78 is 28.8. The Kier molecular flexibility index (Phi) is 7.34. The maximum atomic E-state index is 13.8. The highest BCUT2D eigenvalue weighted by atomic mass is 35.5. The Morgan fingerprint density at radius 2 is 1.45 bits per heavy atom. The third-order valence-corrected chi connectivity index (χ3v) is 8.97. The molecule has 11 heteroatoms. The summed E-state index contributed by atoms with van der Waals surface area (Å²) in [6, 6.07) is 12.5. The largest absolute Gasteiger partial charge is 0.391 e. The normalized spacial score (nSPS) is 20.4. The van der Waals surface area contributed by atoms with Gasteiger partial charge < -0.3 is 15.1 Å². The number of aliphatic hydroxyl groups excluding tert-OH is 2. The summed E-state index contributed by atoms with van der Waals surface area (Å²) in [6.07, 6.45) is 4.83. The molecule has 2 aromatic heterocycles. The topological polar surface area (TPSA) is 120 Å². The standard InChI is InChI=1S/C27H28ClN5O4S/c1-17(34)25-15-32(38(36,37)24-6-4-20-11-23(28)5-3-21(20)12-24)16-26(18(2)35)33(25)27-30-13-22(14-31-27)19-7-9-29-10-8-19/h3-14,17-18,25-26,34-35H,15-16H2,1-2H3. The van der Waals surface area contributed by atoms with E-state index in [1.54, 1.807) is 79.9 Å². The predicted molar refractivity (Wildman–Crippen MR) is 146 cm³/mol. The van der Waals surface area contributed by atoms with E-state index >= 15 is 0 Å². The van der Waals surface area contributed by atoms with Gasteiger partial charge in [0, 0.05) is 48.5 Å². The zero-order chi connectivity index (χ0) is 27.0. The van der Waals surface area contributed by atoms with Crippen molar-refractivity contribution in [3.05, 3.63) is 78.3 Å². The molecule has 0 radical (unpaired) electrons. The van der Waals surface area contributed by atoms with Crippen LogP contribution in [0, 0.1) is 0 Å². The molecule has 2 aromatic carbocycles. The van der Waals surface area contributed by atoms with E-state index < -0.39 is 34.3 Å². The summed E-state index contributed by atoms with van der Waals surface area (Å²) in [7, 11) is -3.94. The van der Waals surface area contributed by atoms with Gasteiger partial charge in [-0.15, -0.1) is 0 Å². The molecule has 0 amide bonds. The number of hydrogen-bond donors (Lipinski definition) is 2. The molecule has 4 unspecified atom stereocenters. The van der Waals surface area contributed by atoms with E-state index in [4.69, 9.17) is 11.6 Å². The van der Waals surface area contributed by atoms with Crippen molar-refractivity contribution in [3.63, 3.8) is 0 Å². The second kappa shape index (κ2) is 10.5. The highest BCUT2D eigenvalue weighted by Gasteiger charge is 2.44. The van der Waals surface area contributed by atoms with Gasteiger partial charge in [0.2, 0.25) is 16.0 Å². The van der Waals surface area contributed by atoms with Gasteiger partial charge in [0.25, 0.3) is 0 Å². The Morgan fingerprint density at radius 1 is 0.868 bits per heavy atom. The molecule has 1 fully saturated rings. The number of aliphatic hydroxyl groups is 2. The average molecular weight is 554 g/mol. The Balaban J connectivity index is 1.48. The Hall–Kier alpha value is -3.15. The first-order valence-corrected chi connectivity index (χ1v) is 14.0. The molecule has 0 saturated carbocycles. The number of piperazine rings is 1. The molecule has 198 valence electrons. The third kappa shape index (κ3) is 5.10. The molecule has 1 aliphatic heterocycles. The molecule has 3 heterocycles. The number of anilines is 1. The first-order chi connectivity index (χ1) is 18.1. The molecule has 4 atom stereocenters. The SMILES string of the molecule is CC(O)C1CN(S(=O)(=O)c2ccc3cc(Cl)ccc3c2)CC(C(C)O)N1c1ncc(-c2ccncc2)cn1. The number of benzene rings is 2. The van der Waals surface area contributed by atoms with Crippen LogP contribution in [0.15, 0.2) is 78.2 Å². The maximum absolute atomic E-state index is 13.8. The van der Waals surface area contributed by atoms with Crippen LogP contribution >= 0.6 is 11.6 Å². The minimum absolute atomic E-state index is 0.00264. The fraction of sp³-hybridized carbons (Fsp3) is 0.296. The molecule has 38 heavy (non-hydrogen) atoms. The minimum atomic E-state index is -3.94. The van der Waals surface area contributed by atoms with Crippen LogP contribution in [0.3, 0.4) is 0 Å². The molecule has 0 spiro atoms. The van der Waals surface area contributed by atoms with Crippen molar-refractivity contribution in [2.45, 2.75) is 43.0 Å². The van der Waals surface area contributed by atoms with Crippen LogP contribution < -0.4 is 4.90 Å². The lowest BCUT2D eigenvalue weighted by Crippen LogP contribution is -2.66. The number of fused-ring (bicyclic) bond motifs is 1. The average Bonchev–Trinajstić information content (AvgIpc) is 2.92. The number of hydrogen-bond acceptors (Lipinski definition) is 8. The van der Waals surface area contributed by atoms with E-state index in [-0.39, 0.29) is 18.0 Å². The van der Waals surface area contributed by atoms with Gasteiger partial charge in [-0.2, -0.15) is 4.31 Å². The molecule has 5 rings (SSSR count). The lowest BCUT2D eigenvalue weighted by atomic mass is 10.0. The Labute approximate surface area is 226 Å². The fourth-order valence-electron chi connectivity index (χ4n) is 4.83. The smallest absolute Gasteiger partial charge is 0.243 e. The first kappa shape index (κ1) is 26.5. The van der Waals surface area contributed by atoms with Crippen LogP contribution in [0.25, 0.3) is 21.9 Å². The summed E-state index contributed by atoms with van der Waals surface area (Å²) in [5.41, 5.74) is 1.69. The van der Waals surface area contributed by atoms with E-state index in [0.29, 0.717) is 11.0 Å². The number of nitrogens with zero attached hydrogens (tertiary/aromatic N) is 5. The monoisotopic (exact) mass is 553 g/mol. The number of pyridine rings is 1. The number of sulfonamides is 1. The van der Waals surface area contributed by atoms with Gasteiger partial charge in [0.05, 0.1) is 29.2 Å². The van der Waals surface area contributed by atoms with Crippen LogP contribution in [0.5, 0.6) is 0 Å². The highest BCUT2D eigenvalue weighted by Crippen LogP contribution is 2.31. The second-order valence-corrected chi connectivity index (χ2v) is 11.9. The number of rotatable bonds is 6. The third-order valence-electron chi connectivity index (χ3n) is 6.90. The summed E-state index contributed by atoms with van der Waals surface area (Å²) in [5.74, 6) is 0.305. The summed E-state index contributed by atoms with van der Waals surface area (Å²) in [4.78, 5) is 14.9. The predicted octanol–water partition coefficient (Wildman–Crippen LogP) is 3.35. The molecule has 2 N–H and O–H groups in total. The maximum Gasteiger partial charge on any atom is 0.243 e.